The van der Waals surface area contributed by atoms with Gasteiger partial charge in [0.05, 0.1) is 6.61 Å². The monoisotopic (exact) mass is 392 g/mol. The van der Waals surface area contributed by atoms with Gasteiger partial charge in [0, 0.05) is 5.41 Å². The van der Waals surface area contributed by atoms with Crippen LogP contribution < -0.4 is 0 Å². The summed E-state index contributed by atoms with van der Waals surface area (Å²) in [5.74, 6) is 0.773. The first kappa shape index (κ1) is 19.5. The second kappa shape index (κ2) is 6.53. The summed E-state index contributed by atoms with van der Waals surface area (Å²) in [5.41, 5.74) is -0.690. The van der Waals surface area contributed by atoms with Gasteiger partial charge in [0.25, 0.3) is 0 Å². The lowest BCUT2D eigenvalue weighted by Gasteiger charge is -2.58. The summed E-state index contributed by atoms with van der Waals surface area (Å²) in [7, 11) is 0. The zero-order chi connectivity index (χ0) is 19.6. The van der Waals surface area contributed by atoms with Crippen LogP contribution in [0.2, 0.25) is 0 Å². The highest BCUT2D eigenvalue weighted by atomic mass is 19.2. The average Bonchev–Trinajstić information content (AvgIpc) is 2.73. The summed E-state index contributed by atoms with van der Waals surface area (Å²) in [6, 6.07) is 0. The molecular weight excluding hydrogens is 354 g/mol. The Morgan fingerprint density at radius 3 is 1.93 bits per heavy atom. The Hall–Kier alpha value is -0.440. The van der Waals surface area contributed by atoms with Gasteiger partial charge >= 0.3 is 0 Å². The Kier molecular flexibility index (Phi) is 4.55. The molecule has 0 unspecified atom stereocenters. The molecule has 7 rings (SSSR count). The number of rotatable bonds is 4. The molecule has 4 bridgehead atoms. The summed E-state index contributed by atoms with van der Waals surface area (Å²) < 4.78 is 35.8. The molecule has 0 spiro atoms. The molecule has 0 saturated heterocycles. The molecule has 7 aliphatic rings. The minimum Gasteiger partial charge on any atom is -0.367 e. The summed E-state index contributed by atoms with van der Waals surface area (Å²) in [6.45, 7) is 4.92. The van der Waals surface area contributed by atoms with Crippen LogP contribution >= 0.6 is 0 Å². The first-order valence-electron chi connectivity index (χ1n) is 12.0. The van der Waals surface area contributed by atoms with Crippen molar-refractivity contribution in [2.24, 2.45) is 28.1 Å². The maximum Gasteiger partial charge on any atom is 0.164 e. The molecule has 0 radical (unpaired) electrons. The molecule has 3 heteroatoms. The summed E-state index contributed by atoms with van der Waals surface area (Å²) >= 11 is 0. The predicted octanol–water partition coefficient (Wildman–Crippen LogP) is 7.65. The average molecular weight is 393 g/mol. The van der Waals surface area contributed by atoms with Crippen molar-refractivity contribution in [2.45, 2.75) is 109 Å². The molecule has 0 N–H and O–H groups in total. The lowest BCUT2D eigenvalue weighted by molar-refractivity contribution is -0.154. The quantitative estimate of drug-likeness (QED) is 0.477. The number of ether oxygens (including phenoxy) is 1. The van der Waals surface area contributed by atoms with Crippen molar-refractivity contribution >= 4 is 0 Å². The van der Waals surface area contributed by atoms with Gasteiger partial charge in [-0.05, 0) is 99.7 Å². The molecule has 0 atom stereocenters. The van der Waals surface area contributed by atoms with Crippen LogP contribution in [0.15, 0.2) is 11.7 Å². The van der Waals surface area contributed by atoms with Gasteiger partial charge in [-0.1, -0.05) is 26.7 Å². The Morgan fingerprint density at radius 2 is 1.36 bits per heavy atom. The van der Waals surface area contributed by atoms with Crippen LogP contribution in [0.3, 0.4) is 0 Å². The van der Waals surface area contributed by atoms with Crippen LogP contribution in [-0.4, -0.2) is 12.2 Å². The third-order valence-electron chi connectivity index (χ3n) is 10.3. The van der Waals surface area contributed by atoms with Crippen LogP contribution in [0.4, 0.5) is 8.78 Å². The van der Waals surface area contributed by atoms with Gasteiger partial charge in [0.15, 0.2) is 5.83 Å². The van der Waals surface area contributed by atoms with E-state index >= 15 is 0 Å². The molecule has 7 aliphatic carbocycles. The van der Waals surface area contributed by atoms with E-state index in [0.29, 0.717) is 24.9 Å². The predicted molar refractivity (Wildman–Crippen MR) is 108 cm³/mol. The second-order valence-electron chi connectivity index (χ2n) is 11.8. The molecular formula is C25H38F2O. The van der Waals surface area contributed by atoms with Crippen LogP contribution in [0, 0.1) is 28.1 Å². The van der Waals surface area contributed by atoms with E-state index < -0.39 is 22.7 Å². The van der Waals surface area contributed by atoms with Gasteiger partial charge in [0.1, 0.15) is 11.4 Å². The molecule has 0 aliphatic heterocycles. The van der Waals surface area contributed by atoms with Gasteiger partial charge in [-0.3, -0.25) is 0 Å². The molecule has 0 aromatic heterocycles. The third kappa shape index (κ3) is 2.85. The number of hydrogen-bond acceptors (Lipinski definition) is 1. The lowest BCUT2D eigenvalue weighted by Crippen LogP contribution is -2.52. The number of fused-ring (bicyclic) bond motifs is 5. The minimum absolute atomic E-state index is 0.230. The summed E-state index contributed by atoms with van der Waals surface area (Å²) in [5, 5.41) is 0. The fraction of sp³-hybridized carbons (Fsp3) is 0.920. The Balaban J connectivity index is 1.24. The van der Waals surface area contributed by atoms with Crippen molar-refractivity contribution in [3.05, 3.63) is 11.7 Å². The summed E-state index contributed by atoms with van der Waals surface area (Å²) in [4.78, 5) is 0. The Morgan fingerprint density at radius 1 is 0.786 bits per heavy atom. The van der Waals surface area contributed by atoms with Gasteiger partial charge in [-0.15, -0.1) is 0 Å². The van der Waals surface area contributed by atoms with Gasteiger partial charge in [-0.2, -0.15) is 0 Å². The number of hydrogen-bond donors (Lipinski definition) is 0. The van der Waals surface area contributed by atoms with E-state index in [-0.39, 0.29) is 5.41 Å². The Bertz CT molecular complexity index is 625. The molecule has 5 saturated carbocycles. The number of allylic oxidation sites excluding steroid dienone is 1. The van der Waals surface area contributed by atoms with E-state index in [1.54, 1.807) is 0 Å². The topological polar surface area (TPSA) is 9.23 Å². The SMILES string of the molecule is CC1CCC(C23CCC(COC45CCC(C)(CC4)C(F)=C5F)(CC2)CC3)CC1. The van der Waals surface area contributed by atoms with Crippen molar-refractivity contribution in [2.75, 3.05) is 6.61 Å². The molecule has 5 fully saturated rings. The smallest absolute Gasteiger partial charge is 0.164 e. The van der Waals surface area contributed by atoms with E-state index in [0.717, 1.165) is 24.7 Å². The number of halogens is 2. The minimum atomic E-state index is -0.942. The molecule has 158 valence electrons. The maximum absolute atomic E-state index is 14.9. The first-order chi connectivity index (χ1) is 13.3. The van der Waals surface area contributed by atoms with E-state index in [1.807, 2.05) is 6.92 Å². The van der Waals surface area contributed by atoms with Crippen LogP contribution in [0.25, 0.3) is 0 Å². The highest BCUT2D eigenvalue weighted by molar-refractivity contribution is 5.28. The Labute approximate surface area is 169 Å². The van der Waals surface area contributed by atoms with Gasteiger partial charge in [0.2, 0.25) is 0 Å². The molecule has 0 heterocycles. The normalized spacial score (nSPS) is 51.0. The zero-order valence-electron chi connectivity index (χ0n) is 17.9. The van der Waals surface area contributed by atoms with E-state index in [2.05, 4.69) is 6.92 Å². The van der Waals surface area contributed by atoms with E-state index in [4.69, 9.17) is 4.74 Å². The van der Waals surface area contributed by atoms with Crippen LogP contribution in [0.1, 0.15) is 104 Å². The molecule has 0 aromatic carbocycles. The lowest BCUT2D eigenvalue weighted by atomic mass is 9.48. The largest absolute Gasteiger partial charge is 0.367 e. The summed E-state index contributed by atoms with van der Waals surface area (Å²) in [6.07, 6.45) is 16.2. The first-order valence-corrected chi connectivity index (χ1v) is 12.0. The molecule has 1 nitrogen and oxygen atoms in total. The highest BCUT2D eigenvalue weighted by Crippen LogP contribution is 2.63. The maximum atomic E-state index is 14.9. The van der Waals surface area contributed by atoms with Crippen LogP contribution in [-0.2, 0) is 4.74 Å². The standard InChI is InChI=1S/C25H38F2O/c1-18-3-5-19(6-4-18)24-12-9-23(10-13-24,11-14-24)17-28-25-15-7-22(2,8-16-25)20(26)21(25)27/h18-19H,3-17H2,1-2H3. The second-order valence-corrected chi connectivity index (χ2v) is 11.8. The van der Waals surface area contributed by atoms with E-state index in [1.165, 1.54) is 64.2 Å². The fourth-order valence-corrected chi connectivity index (χ4v) is 7.60. The highest BCUT2D eigenvalue weighted by Gasteiger charge is 2.57. The van der Waals surface area contributed by atoms with Crippen LogP contribution in [0.5, 0.6) is 0 Å². The third-order valence-corrected chi connectivity index (χ3v) is 10.3. The zero-order valence-corrected chi connectivity index (χ0v) is 17.9. The molecule has 0 amide bonds. The van der Waals surface area contributed by atoms with Crippen molar-refractivity contribution in [1.82, 2.24) is 0 Å². The van der Waals surface area contributed by atoms with Gasteiger partial charge in [-0.25, -0.2) is 8.78 Å². The van der Waals surface area contributed by atoms with Crippen molar-refractivity contribution in [1.29, 1.82) is 0 Å². The fourth-order valence-electron chi connectivity index (χ4n) is 7.60. The molecule has 28 heavy (non-hydrogen) atoms. The van der Waals surface area contributed by atoms with Crippen molar-refractivity contribution < 1.29 is 13.5 Å². The van der Waals surface area contributed by atoms with Gasteiger partial charge < -0.3 is 4.74 Å². The van der Waals surface area contributed by atoms with E-state index in [9.17, 15) is 8.78 Å². The van der Waals surface area contributed by atoms with Crippen molar-refractivity contribution in [3.63, 3.8) is 0 Å². The van der Waals surface area contributed by atoms with Crippen molar-refractivity contribution in [3.8, 4) is 0 Å². The molecule has 0 aromatic rings.